The van der Waals surface area contributed by atoms with E-state index >= 15 is 0 Å². The lowest BCUT2D eigenvalue weighted by molar-refractivity contribution is 0.0805. The molecule has 172 valence electrons. The fraction of sp³-hybridized carbons (Fsp3) is 0.308. The van der Waals surface area contributed by atoms with E-state index in [0.29, 0.717) is 26.6 Å². The van der Waals surface area contributed by atoms with E-state index in [-0.39, 0.29) is 5.78 Å². The van der Waals surface area contributed by atoms with Crippen molar-refractivity contribution in [2.45, 2.75) is 32.6 Å². The second-order valence-electron chi connectivity index (χ2n) is 7.90. The van der Waals surface area contributed by atoms with Crippen molar-refractivity contribution < 1.29 is 9.53 Å². The Bertz CT molecular complexity index is 900. The Morgan fingerprint density at radius 2 is 1.62 bits per heavy atom. The van der Waals surface area contributed by atoms with Crippen LogP contribution in [-0.2, 0) is 4.74 Å². The lowest BCUT2D eigenvalue weighted by Gasteiger charge is -2.16. The van der Waals surface area contributed by atoms with Gasteiger partial charge in [0.25, 0.3) is 0 Å². The van der Waals surface area contributed by atoms with Gasteiger partial charge in [-0.15, -0.1) is 11.8 Å². The molecule has 0 amide bonds. The molecule has 0 spiro atoms. The SMILES string of the molecule is CCOCC(C)(C)C.CSc1ccc(C(=O)c2cc(Cl)ccc2Cl)cc1.c1ccncc1. The minimum Gasteiger partial charge on any atom is -0.381 e. The maximum absolute atomic E-state index is 12.3. The van der Waals surface area contributed by atoms with Crippen molar-refractivity contribution in [2.75, 3.05) is 19.5 Å². The Labute approximate surface area is 206 Å². The van der Waals surface area contributed by atoms with Crippen LogP contribution in [0.3, 0.4) is 0 Å². The average molecular weight is 493 g/mol. The van der Waals surface area contributed by atoms with Crippen molar-refractivity contribution in [1.82, 2.24) is 4.98 Å². The quantitative estimate of drug-likeness (QED) is 0.266. The first-order chi connectivity index (χ1) is 15.2. The normalized spacial score (nSPS) is 10.3. The highest BCUT2D eigenvalue weighted by Crippen LogP contribution is 2.24. The van der Waals surface area contributed by atoms with Crippen molar-refractivity contribution in [2.24, 2.45) is 5.41 Å². The monoisotopic (exact) mass is 491 g/mol. The van der Waals surface area contributed by atoms with Crippen LogP contribution in [-0.4, -0.2) is 30.2 Å². The van der Waals surface area contributed by atoms with Crippen LogP contribution in [0.1, 0.15) is 43.6 Å². The number of ketones is 1. The first-order valence-electron chi connectivity index (χ1n) is 10.2. The zero-order chi connectivity index (χ0) is 24.0. The molecule has 0 aliphatic carbocycles. The van der Waals surface area contributed by atoms with Crippen LogP contribution in [0.25, 0.3) is 0 Å². The molecule has 6 heteroatoms. The summed E-state index contributed by atoms with van der Waals surface area (Å²) in [6, 6.07) is 18.0. The van der Waals surface area contributed by atoms with Crippen molar-refractivity contribution >= 4 is 40.7 Å². The molecule has 0 aliphatic rings. The number of thioether (sulfide) groups is 1. The van der Waals surface area contributed by atoms with E-state index in [4.69, 9.17) is 27.9 Å². The maximum Gasteiger partial charge on any atom is 0.194 e. The Balaban J connectivity index is 0.000000301. The van der Waals surface area contributed by atoms with Crippen LogP contribution in [0.4, 0.5) is 0 Å². The molecule has 0 saturated carbocycles. The fourth-order valence-electron chi connectivity index (χ4n) is 2.29. The van der Waals surface area contributed by atoms with Gasteiger partial charge in [0.05, 0.1) is 11.6 Å². The van der Waals surface area contributed by atoms with Crippen molar-refractivity contribution in [3.8, 4) is 0 Å². The van der Waals surface area contributed by atoms with Crippen molar-refractivity contribution in [1.29, 1.82) is 0 Å². The largest absolute Gasteiger partial charge is 0.381 e. The van der Waals surface area contributed by atoms with E-state index in [1.165, 1.54) is 0 Å². The molecule has 0 saturated heterocycles. The molecule has 3 nitrogen and oxygen atoms in total. The summed E-state index contributed by atoms with van der Waals surface area (Å²) >= 11 is 13.5. The van der Waals surface area contributed by atoms with Gasteiger partial charge in [-0.1, -0.05) is 50.0 Å². The average Bonchev–Trinajstić information content (AvgIpc) is 2.80. The highest BCUT2D eigenvalue weighted by molar-refractivity contribution is 7.98. The molecule has 0 N–H and O–H groups in total. The Hall–Kier alpha value is -1.85. The van der Waals surface area contributed by atoms with Gasteiger partial charge < -0.3 is 4.74 Å². The van der Waals surface area contributed by atoms with E-state index < -0.39 is 0 Å². The van der Waals surface area contributed by atoms with Crippen molar-refractivity contribution in [3.63, 3.8) is 0 Å². The molecule has 0 atom stereocenters. The lowest BCUT2D eigenvalue weighted by atomic mass is 9.99. The highest BCUT2D eigenvalue weighted by atomic mass is 35.5. The zero-order valence-electron chi connectivity index (χ0n) is 19.3. The molecular weight excluding hydrogens is 461 g/mol. The molecule has 0 radical (unpaired) electrons. The summed E-state index contributed by atoms with van der Waals surface area (Å²) < 4.78 is 5.20. The number of benzene rings is 2. The molecule has 0 unspecified atom stereocenters. The van der Waals surface area contributed by atoms with Crippen LogP contribution in [0.5, 0.6) is 0 Å². The van der Waals surface area contributed by atoms with Gasteiger partial charge in [0, 0.05) is 40.0 Å². The first-order valence-corrected chi connectivity index (χ1v) is 12.2. The second-order valence-corrected chi connectivity index (χ2v) is 9.63. The summed E-state index contributed by atoms with van der Waals surface area (Å²) in [6.07, 6.45) is 5.49. The highest BCUT2D eigenvalue weighted by Gasteiger charge is 2.13. The third kappa shape index (κ3) is 11.7. The van der Waals surface area contributed by atoms with Gasteiger partial charge >= 0.3 is 0 Å². The van der Waals surface area contributed by atoms with Crippen LogP contribution in [0.15, 0.2) is 78.0 Å². The van der Waals surface area contributed by atoms with Gasteiger partial charge in [-0.3, -0.25) is 9.78 Å². The smallest absolute Gasteiger partial charge is 0.194 e. The van der Waals surface area contributed by atoms with Gasteiger partial charge in [-0.2, -0.15) is 0 Å². The predicted octanol–water partition coefficient (Wildman–Crippen LogP) is 8.10. The first kappa shape index (κ1) is 28.2. The molecule has 1 aromatic heterocycles. The van der Waals surface area contributed by atoms with E-state index in [0.717, 1.165) is 18.1 Å². The molecule has 3 rings (SSSR count). The number of carbonyl (C=O) groups is 1. The number of carbonyl (C=O) groups excluding carboxylic acids is 1. The van der Waals surface area contributed by atoms with Crippen molar-refractivity contribution in [3.05, 3.63) is 94.2 Å². The van der Waals surface area contributed by atoms with Gasteiger partial charge in [-0.05, 0) is 73.2 Å². The van der Waals surface area contributed by atoms with Crippen LogP contribution in [0.2, 0.25) is 10.0 Å². The topological polar surface area (TPSA) is 39.2 Å². The number of aromatic nitrogens is 1. The fourth-order valence-corrected chi connectivity index (χ4v) is 3.07. The molecule has 2 aromatic carbocycles. The minimum absolute atomic E-state index is 0.116. The maximum atomic E-state index is 12.3. The minimum atomic E-state index is -0.116. The standard InChI is InChI=1S/C14H10Cl2OS.C7H16O.C5H5N/c1-18-11-5-2-9(3-6-11)14(17)12-8-10(15)4-7-13(12)16;1-5-8-6-7(2,3)4;1-2-4-6-5-3-1/h2-8H,1H3;5-6H2,1-4H3;1-5H. The van der Waals surface area contributed by atoms with Gasteiger partial charge in [0.2, 0.25) is 0 Å². The summed E-state index contributed by atoms with van der Waals surface area (Å²) in [6.45, 7) is 10.2. The number of pyridine rings is 1. The number of rotatable bonds is 5. The Morgan fingerprint density at radius 3 is 2.03 bits per heavy atom. The van der Waals surface area contributed by atoms with Gasteiger partial charge in [0.15, 0.2) is 5.78 Å². The van der Waals surface area contributed by atoms with Crippen LogP contribution < -0.4 is 0 Å². The molecule has 3 aromatic rings. The third-order valence-electron chi connectivity index (χ3n) is 3.83. The molecule has 32 heavy (non-hydrogen) atoms. The molecular formula is C26H31Cl2NO2S. The van der Waals surface area contributed by atoms with E-state index in [1.54, 1.807) is 54.5 Å². The van der Waals surface area contributed by atoms with E-state index in [2.05, 4.69) is 25.8 Å². The van der Waals surface area contributed by atoms with E-state index in [1.807, 2.05) is 43.5 Å². The number of nitrogens with zero attached hydrogens (tertiary/aromatic N) is 1. The summed E-state index contributed by atoms with van der Waals surface area (Å²) in [5.41, 5.74) is 1.37. The Morgan fingerprint density at radius 1 is 1.00 bits per heavy atom. The molecule has 0 fully saturated rings. The van der Waals surface area contributed by atoms with Gasteiger partial charge in [-0.25, -0.2) is 0 Å². The number of ether oxygens (including phenoxy) is 1. The molecule has 0 aliphatic heterocycles. The number of hydrogen-bond acceptors (Lipinski definition) is 4. The number of halogens is 2. The molecule has 1 heterocycles. The Kier molecular flexibility index (Phi) is 13.3. The van der Waals surface area contributed by atoms with Gasteiger partial charge in [0.1, 0.15) is 0 Å². The second kappa shape index (κ2) is 15.1. The summed E-state index contributed by atoms with van der Waals surface area (Å²) in [5.74, 6) is -0.116. The van der Waals surface area contributed by atoms with E-state index in [9.17, 15) is 4.79 Å². The summed E-state index contributed by atoms with van der Waals surface area (Å²) in [4.78, 5) is 17.2. The van der Waals surface area contributed by atoms with Crippen LogP contribution >= 0.6 is 35.0 Å². The number of hydrogen-bond donors (Lipinski definition) is 0. The van der Waals surface area contributed by atoms with Crippen LogP contribution in [0, 0.1) is 5.41 Å². The zero-order valence-corrected chi connectivity index (χ0v) is 21.6. The lowest BCUT2D eigenvalue weighted by Crippen LogP contribution is -2.14. The predicted molar refractivity (Wildman–Crippen MR) is 138 cm³/mol. The molecule has 0 bridgehead atoms. The summed E-state index contributed by atoms with van der Waals surface area (Å²) in [7, 11) is 0. The third-order valence-corrected chi connectivity index (χ3v) is 5.14. The summed E-state index contributed by atoms with van der Waals surface area (Å²) in [5, 5.41) is 0.918.